The van der Waals surface area contributed by atoms with Gasteiger partial charge in [0.15, 0.2) is 5.75 Å². The quantitative estimate of drug-likeness (QED) is 0.219. The molecule has 0 radical (unpaired) electrons. The van der Waals surface area contributed by atoms with Gasteiger partial charge in [0.1, 0.15) is 28.8 Å². The highest BCUT2D eigenvalue weighted by molar-refractivity contribution is 7.93. The Morgan fingerprint density at radius 3 is 2.29 bits per heavy atom. The van der Waals surface area contributed by atoms with Crippen LogP contribution in [0.25, 0.3) is 0 Å². The van der Waals surface area contributed by atoms with Crippen LogP contribution in [0.5, 0.6) is 17.2 Å². The van der Waals surface area contributed by atoms with Gasteiger partial charge in [0.05, 0.1) is 19.9 Å². The second kappa shape index (κ2) is 13.9. The molecule has 1 saturated heterocycles. The number of rotatable bonds is 10. The van der Waals surface area contributed by atoms with Crippen molar-refractivity contribution in [3.05, 3.63) is 101 Å². The van der Waals surface area contributed by atoms with E-state index in [0.717, 1.165) is 24.0 Å². The lowest BCUT2D eigenvalue weighted by atomic mass is 9.86. The molecule has 268 valence electrons. The Morgan fingerprint density at radius 2 is 1.63 bits per heavy atom. The van der Waals surface area contributed by atoms with Gasteiger partial charge in [-0.2, -0.15) is 4.31 Å². The van der Waals surface area contributed by atoms with Crippen molar-refractivity contribution in [2.45, 2.75) is 16.9 Å². The molecule has 1 fully saturated rings. The second-order valence-corrected chi connectivity index (χ2v) is 13.5. The number of carbonyl (C=O) groups excluding carboxylic acids is 2. The van der Waals surface area contributed by atoms with Crippen molar-refractivity contribution in [3.63, 3.8) is 0 Å². The van der Waals surface area contributed by atoms with Gasteiger partial charge in [-0.3, -0.25) is 9.59 Å². The van der Waals surface area contributed by atoms with Crippen molar-refractivity contribution in [2.75, 3.05) is 56.2 Å². The van der Waals surface area contributed by atoms with Gasteiger partial charge in [0.25, 0.3) is 15.9 Å². The number of pyridine rings is 1. The summed E-state index contributed by atoms with van der Waals surface area (Å²) < 4.78 is 90.7. The molecule has 1 unspecified atom stereocenters. The first-order valence-electron chi connectivity index (χ1n) is 15.3. The molecule has 6 rings (SSSR count). The van der Waals surface area contributed by atoms with Gasteiger partial charge < -0.3 is 28.7 Å². The number of hydrogen-bond donors (Lipinski definition) is 0. The number of aromatic nitrogens is 1. The highest BCUT2D eigenvalue weighted by Gasteiger charge is 2.59. The largest absolute Gasteiger partial charge is 0.573 e. The van der Waals surface area contributed by atoms with Gasteiger partial charge in [-0.15, -0.1) is 13.2 Å². The number of para-hydroxylation sites is 1. The molecule has 0 saturated carbocycles. The summed E-state index contributed by atoms with van der Waals surface area (Å²) in [6.45, 7) is 0.841. The molecule has 0 N–H and O–H groups in total. The Hall–Kier alpha value is -5.06. The van der Waals surface area contributed by atoms with Crippen LogP contribution in [0.1, 0.15) is 11.1 Å². The molecule has 2 aliphatic heterocycles. The van der Waals surface area contributed by atoms with Gasteiger partial charge in [0.2, 0.25) is 11.5 Å². The third kappa shape index (κ3) is 6.73. The molecule has 2 amide bonds. The molecule has 0 bridgehead atoms. The van der Waals surface area contributed by atoms with E-state index in [1.165, 1.54) is 44.6 Å². The minimum absolute atomic E-state index is 0.0213. The highest BCUT2D eigenvalue weighted by Crippen LogP contribution is 2.52. The van der Waals surface area contributed by atoms with Gasteiger partial charge in [-0.25, -0.2) is 13.4 Å². The number of piperazine rings is 1. The number of amides is 2. The molecular weight excluding hydrogens is 717 g/mol. The summed E-state index contributed by atoms with van der Waals surface area (Å²) >= 11 is 6.41. The summed E-state index contributed by atoms with van der Waals surface area (Å²) in [6.07, 6.45) is -3.63. The maximum absolute atomic E-state index is 14.9. The third-order valence-electron chi connectivity index (χ3n) is 8.44. The van der Waals surface area contributed by atoms with E-state index in [1.807, 2.05) is 17.0 Å². The zero-order valence-corrected chi connectivity index (χ0v) is 28.7. The summed E-state index contributed by atoms with van der Waals surface area (Å²) in [5.74, 6) is -2.19. The smallest absolute Gasteiger partial charge is 0.497 e. The summed E-state index contributed by atoms with van der Waals surface area (Å²) in [6, 6.07) is 18.1. The third-order valence-corrected chi connectivity index (χ3v) is 10.4. The molecule has 3 aromatic carbocycles. The molecule has 1 atom stereocenters. The first kappa shape index (κ1) is 35.8. The molecule has 0 spiro atoms. The number of fused-ring (bicyclic) bond motifs is 1. The summed E-state index contributed by atoms with van der Waals surface area (Å²) in [4.78, 5) is 35.5. The van der Waals surface area contributed by atoms with E-state index in [-0.39, 0.29) is 33.3 Å². The maximum Gasteiger partial charge on any atom is 0.573 e. The Bertz CT molecular complexity index is 2060. The van der Waals surface area contributed by atoms with E-state index < -0.39 is 51.1 Å². The predicted octanol–water partition coefficient (Wildman–Crippen LogP) is 5.00. The molecule has 1 aromatic heterocycles. The van der Waals surface area contributed by atoms with Crippen molar-refractivity contribution in [3.8, 4) is 17.2 Å². The molecule has 12 nitrogen and oxygen atoms in total. The number of nitrogens with zero attached hydrogens (tertiary/aromatic N) is 4. The van der Waals surface area contributed by atoms with E-state index >= 15 is 0 Å². The lowest BCUT2D eigenvalue weighted by molar-refractivity contribution is -0.275. The number of carbonyl (C=O) groups is 2. The molecule has 0 aliphatic carbocycles. The molecule has 17 heteroatoms. The van der Waals surface area contributed by atoms with Crippen molar-refractivity contribution in [1.29, 1.82) is 0 Å². The van der Waals surface area contributed by atoms with E-state index in [4.69, 9.17) is 25.8 Å². The summed E-state index contributed by atoms with van der Waals surface area (Å²) in [5.41, 5.74) is -2.72. The Morgan fingerprint density at radius 1 is 0.902 bits per heavy atom. The Labute approximate surface area is 295 Å². The average molecular weight is 747 g/mol. The second-order valence-electron chi connectivity index (χ2n) is 11.3. The SMILES string of the molecule is COc1ccc(S(=O)(=O)N2C(=O)C(OCC(=O)N3CCN(c4ccccn4)CC3)(c3ccccc3OC)c3cc(Cl)ccc32)c(OC(F)(F)F)c1. The van der Waals surface area contributed by atoms with E-state index in [1.54, 1.807) is 29.3 Å². The fourth-order valence-electron chi connectivity index (χ4n) is 6.10. The van der Waals surface area contributed by atoms with Gasteiger partial charge >= 0.3 is 6.36 Å². The zero-order chi connectivity index (χ0) is 36.6. The van der Waals surface area contributed by atoms with Gasteiger partial charge in [-0.1, -0.05) is 35.9 Å². The number of methoxy groups -OCH3 is 2. The van der Waals surface area contributed by atoms with Crippen LogP contribution in [0.4, 0.5) is 24.7 Å². The van der Waals surface area contributed by atoms with Crippen LogP contribution in [-0.4, -0.2) is 83.5 Å². The van der Waals surface area contributed by atoms with Crippen LogP contribution in [0.2, 0.25) is 5.02 Å². The van der Waals surface area contributed by atoms with Crippen LogP contribution in [0, 0.1) is 0 Å². The van der Waals surface area contributed by atoms with Crippen LogP contribution >= 0.6 is 11.6 Å². The number of benzene rings is 3. The van der Waals surface area contributed by atoms with Crippen LogP contribution in [-0.2, 0) is 30.0 Å². The number of sulfonamides is 1. The fraction of sp³-hybridized carbons (Fsp3) is 0.265. The zero-order valence-electron chi connectivity index (χ0n) is 27.1. The summed E-state index contributed by atoms with van der Waals surface area (Å²) in [7, 11) is -2.70. The highest BCUT2D eigenvalue weighted by atomic mass is 35.5. The number of alkyl halides is 3. The first-order chi connectivity index (χ1) is 24.3. The number of halogens is 4. The molecule has 4 aromatic rings. The minimum atomic E-state index is -5.30. The molecule has 2 aliphatic rings. The van der Waals surface area contributed by atoms with E-state index in [0.29, 0.717) is 30.5 Å². The lowest BCUT2D eigenvalue weighted by Gasteiger charge is -2.36. The fourth-order valence-corrected chi connectivity index (χ4v) is 7.83. The molecule has 3 heterocycles. The molecule has 51 heavy (non-hydrogen) atoms. The average Bonchev–Trinajstić information content (AvgIpc) is 3.37. The van der Waals surface area contributed by atoms with E-state index in [2.05, 4.69) is 9.72 Å². The normalized spacial score (nSPS) is 17.7. The number of anilines is 2. The first-order valence-corrected chi connectivity index (χ1v) is 17.2. The minimum Gasteiger partial charge on any atom is -0.497 e. The van der Waals surface area contributed by atoms with E-state index in [9.17, 15) is 31.2 Å². The lowest BCUT2D eigenvalue weighted by Crippen LogP contribution is -2.51. The van der Waals surface area contributed by atoms with Crippen molar-refractivity contribution < 1.29 is 50.1 Å². The van der Waals surface area contributed by atoms with Crippen LogP contribution in [0.15, 0.2) is 90.0 Å². The molecular formula is C34H30ClF3N4O8S. The number of hydrogen-bond acceptors (Lipinski definition) is 10. The number of ether oxygens (including phenoxy) is 4. The standard InChI is InChI=1S/C34H30ClF3N4O8S/c1-47-23-11-13-29(28(20-23)50-34(36,37)38)51(45,46)42-26-12-10-22(35)19-25(26)33(32(42)44,24-7-3-4-8-27(24)48-2)49-21-31(43)41-17-15-40(16-18-41)30-9-5-6-14-39-30/h3-14,19-20H,15-18,21H2,1-2H3. The Balaban J connectivity index is 1.42. The monoisotopic (exact) mass is 746 g/mol. The van der Waals surface area contributed by atoms with Crippen molar-refractivity contribution >= 4 is 44.9 Å². The topological polar surface area (TPSA) is 128 Å². The maximum atomic E-state index is 14.9. The van der Waals surface area contributed by atoms with Gasteiger partial charge in [-0.05, 0) is 48.5 Å². The van der Waals surface area contributed by atoms with Crippen molar-refractivity contribution in [1.82, 2.24) is 9.88 Å². The van der Waals surface area contributed by atoms with Gasteiger partial charge in [0, 0.05) is 54.6 Å². The summed E-state index contributed by atoms with van der Waals surface area (Å²) in [5, 5.41) is 0.0752. The van der Waals surface area contributed by atoms with Crippen LogP contribution in [0.3, 0.4) is 0 Å². The predicted molar refractivity (Wildman–Crippen MR) is 179 cm³/mol. The van der Waals surface area contributed by atoms with Crippen molar-refractivity contribution in [2.24, 2.45) is 0 Å². The Kier molecular flexibility index (Phi) is 9.76. The van der Waals surface area contributed by atoms with Crippen LogP contribution < -0.4 is 23.4 Å².